The molecule has 1 N–H and O–H groups in total. The highest BCUT2D eigenvalue weighted by atomic mass is 19.1. The summed E-state index contributed by atoms with van der Waals surface area (Å²) in [7, 11) is 0. The van der Waals surface area contributed by atoms with E-state index in [9.17, 15) is 4.39 Å². The first kappa shape index (κ1) is 11.4. The molecule has 0 bridgehead atoms. The highest BCUT2D eigenvalue weighted by Crippen LogP contribution is 2.21. The van der Waals surface area contributed by atoms with Crippen molar-refractivity contribution in [3.05, 3.63) is 71.0 Å². The number of hydrogen-bond acceptors (Lipinski definition) is 1. The molecular weight excluding hydrogens is 225 g/mol. The van der Waals surface area contributed by atoms with Gasteiger partial charge in [-0.05, 0) is 41.7 Å². The summed E-state index contributed by atoms with van der Waals surface area (Å²) in [6.07, 6.45) is 2.19. The van der Waals surface area contributed by atoms with Gasteiger partial charge in [-0.3, -0.25) is 0 Å². The van der Waals surface area contributed by atoms with Crippen molar-refractivity contribution in [2.75, 3.05) is 0 Å². The zero-order valence-corrected chi connectivity index (χ0v) is 10.2. The van der Waals surface area contributed by atoms with Crippen LogP contribution in [0.4, 0.5) is 4.39 Å². The SMILES string of the molecule is Fc1ccc(CNC2Cc3ccccc3C2)cc1. The molecule has 0 fully saturated rings. The molecule has 2 aromatic carbocycles. The summed E-state index contributed by atoms with van der Waals surface area (Å²) in [5.41, 5.74) is 4.04. The largest absolute Gasteiger partial charge is 0.309 e. The first-order chi connectivity index (χ1) is 8.81. The summed E-state index contributed by atoms with van der Waals surface area (Å²) in [5, 5.41) is 3.54. The minimum Gasteiger partial charge on any atom is -0.309 e. The molecule has 0 atom stereocenters. The molecule has 1 aliphatic carbocycles. The maximum atomic E-state index is 12.8. The first-order valence-corrected chi connectivity index (χ1v) is 6.36. The van der Waals surface area contributed by atoms with E-state index < -0.39 is 0 Å². The summed E-state index contributed by atoms with van der Waals surface area (Å²) < 4.78 is 12.8. The zero-order valence-electron chi connectivity index (χ0n) is 10.2. The third-order valence-corrected chi connectivity index (χ3v) is 3.56. The van der Waals surface area contributed by atoms with Gasteiger partial charge in [-0.15, -0.1) is 0 Å². The topological polar surface area (TPSA) is 12.0 Å². The molecule has 0 radical (unpaired) electrons. The summed E-state index contributed by atoms with van der Waals surface area (Å²) in [5.74, 6) is -0.174. The molecule has 0 aliphatic heterocycles. The van der Waals surface area contributed by atoms with Crippen LogP contribution in [0.5, 0.6) is 0 Å². The van der Waals surface area contributed by atoms with E-state index in [0.717, 1.165) is 24.9 Å². The van der Waals surface area contributed by atoms with Gasteiger partial charge in [-0.1, -0.05) is 36.4 Å². The number of nitrogens with one attached hydrogen (secondary N) is 1. The first-order valence-electron chi connectivity index (χ1n) is 6.36. The van der Waals surface area contributed by atoms with Gasteiger partial charge in [0.1, 0.15) is 5.82 Å². The maximum Gasteiger partial charge on any atom is 0.123 e. The van der Waals surface area contributed by atoms with Crippen LogP contribution in [0.2, 0.25) is 0 Å². The lowest BCUT2D eigenvalue weighted by Crippen LogP contribution is -2.28. The molecule has 1 aliphatic rings. The van der Waals surface area contributed by atoms with Gasteiger partial charge in [0.2, 0.25) is 0 Å². The predicted molar refractivity (Wildman–Crippen MR) is 70.9 cm³/mol. The van der Waals surface area contributed by atoms with Crippen LogP contribution in [0.1, 0.15) is 16.7 Å². The van der Waals surface area contributed by atoms with E-state index in [1.807, 2.05) is 12.1 Å². The third-order valence-electron chi connectivity index (χ3n) is 3.56. The Morgan fingerprint density at radius 2 is 1.56 bits per heavy atom. The highest BCUT2D eigenvalue weighted by Gasteiger charge is 2.19. The van der Waals surface area contributed by atoms with Crippen molar-refractivity contribution in [3.63, 3.8) is 0 Å². The number of hydrogen-bond donors (Lipinski definition) is 1. The van der Waals surface area contributed by atoms with Crippen LogP contribution in [-0.4, -0.2) is 6.04 Å². The van der Waals surface area contributed by atoms with Crippen LogP contribution in [0, 0.1) is 5.82 Å². The van der Waals surface area contributed by atoms with Crippen molar-refractivity contribution < 1.29 is 4.39 Å². The number of fused-ring (bicyclic) bond motifs is 1. The molecule has 0 saturated carbocycles. The van der Waals surface area contributed by atoms with E-state index >= 15 is 0 Å². The molecule has 18 heavy (non-hydrogen) atoms. The lowest BCUT2D eigenvalue weighted by atomic mass is 10.1. The second-order valence-corrected chi connectivity index (χ2v) is 4.88. The average Bonchev–Trinajstić information content (AvgIpc) is 2.81. The summed E-state index contributed by atoms with van der Waals surface area (Å²) in [6.45, 7) is 0.804. The molecule has 3 rings (SSSR count). The van der Waals surface area contributed by atoms with Gasteiger partial charge in [0, 0.05) is 12.6 Å². The van der Waals surface area contributed by atoms with Gasteiger partial charge in [0.15, 0.2) is 0 Å². The third kappa shape index (κ3) is 2.44. The van der Waals surface area contributed by atoms with Gasteiger partial charge in [-0.25, -0.2) is 4.39 Å². The zero-order chi connectivity index (χ0) is 12.4. The second kappa shape index (κ2) is 4.91. The predicted octanol–water partition coefficient (Wildman–Crippen LogP) is 3.08. The van der Waals surface area contributed by atoms with Crippen molar-refractivity contribution in [1.29, 1.82) is 0 Å². The Bertz CT molecular complexity index is 508. The number of rotatable bonds is 3. The second-order valence-electron chi connectivity index (χ2n) is 4.88. The Balaban J connectivity index is 1.58. The minimum absolute atomic E-state index is 0.174. The Kier molecular flexibility index (Phi) is 3.11. The normalized spacial score (nSPS) is 14.7. The van der Waals surface area contributed by atoms with Crippen molar-refractivity contribution in [3.8, 4) is 0 Å². The van der Waals surface area contributed by atoms with Crippen LogP contribution in [0.15, 0.2) is 48.5 Å². The van der Waals surface area contributed by atoms with Crippen LogP contribution >= 0.6 is 0 Å². The minimum atomic E-state index is -0.174. The molecule has 0 heterocycles. The molecule has 0 spiro atoms. The number of benzene rings is 2. The van der Waals surface area contributed by atoms with Gasteiger partial charge < -0.3 is 5.32 Å². The molecular formula is C16H16FN. The highest BCUT2D eigenvalue weighted by molar-refractivity contribution is 5.33. The van der Waals surface area contributed by atoms with Crippen molar-refractivity contribution in [2.45, 2.75) is 25.4 Å². The Morgan fingerprint density at radius 1 is 0.944 bits per heavy atom. The van der Waals surface area contributed by atoms with Crippen LogP contribution in [0.25, 0.3) is 0 Å². The summed E-state index contributed by atoms with van der Waals surface area (Å²) in [4.78, 5) is 0. The van der Waals surface area contributed by atoms with Gasteiger partial charge in [0.05, 0.1) is 0 Å². The van der Waals surface area contributed by atoms with Crippen LogP contribution < -0.4 is 5.32 Å². The molecule has 1 nitrogen and oxygen atoms in total. The molecule has 0 amide bonds. The van der Waals surface area contributed by atoms with Crippen molar-refractivity contribution in [1.82, 2.24) is 5.32 Å². The monoisotopic (exact) mass is 241 g/mol. The van der Waals surface area contributed by atoms with E-state index in [0.29, 0.717) is 6.04 Å². The molecule has 0 aromatic heterocycles. The van der Waals surface area contributed by atoms with E-state index in [2.05, 4.69) is 29.6 Å². The van der Waals surface area contributed by atoms with Crippen molar-refractivity contribution in [2.24, 2.45) is 0 Å². The van der Waals surface area contributed by atoms with Gasteiger partial charge in [-0.2, -0.15) is 0 Å². The number of halogens is 1. The lowest BCUT2D eigenvalue weighted by Gasteiger charge is -2.11. The Hall–Kier alpha value is -1.67. The fourth-order valence-electron chi connectivity index (χ4n) is 2.57. The van der Waals surface area contributed by atoms with Crippen molar-refractivity contribution >= 4 is 0 Å². The Morgan fingerprint density at radius 3 is 2.17 bits per heavy atom. The smallest absolute Gasteiger partial charge is 0.123 e. The van der Waals surface area contributed by atoms with Gasteiger partial charge in [0.25, 0.3) is 0 Å². The van der Waals surface area contributed by atoms with E-state index in [1.165, 1.54) is 23.3 Å². The Labute approximate surface area is 107 Å². The standard InChI is InChI=1S/C16H16FN/c17-15-7-5-12(6-8-15)11-18-16-9-13-3-1-2-4-14(13)10-16/h1-8,16,18H,9-11H2. The fourth-order valence-corrected chi connectivity index (χ4v) is 2.57. The van der Waals surface area contributed by atoms with Crippen LogP contribution in [0.3, 0.4) is 0 Å². The maximum absolute atomic E-state index is 12.8. The molecule has 92 valence electrons. The average molecular weight is 241 g/mol. The van der Waals surface area contributed by atoms with Crippen LogP contribution in [-0.2, 0) is 19.4 Å². The molecule has 2 aromatic rings. The van der Waals surface area contributed by atoms with E-state index in [1.54, 1.807) is 0 Å². The summed E-state index contributed by atoms with van der Waals surface area (Å²) in [6, 6.07) is 15.8. The molecule has 0 unspecified atom stereocenters. The van der Waals surface area contributed by atoms with E-state index in [-0.39, 0.29) is 5.82 Å². The fraction of sp³-hybridized carbons (Fsp3) is 0.250. The summed E-state index contributed by atoms with van der Waals surface area (Å²) >= 11 is 0. The quantitative estimate of drug-likeness (QED) is 0.870. The molecule has 2 heteroatoms. The van der Waals surface area contributed by atoms with Gasteiger partial charge >= 0.3 is 0 Å². The molecule has 0 saturated heterocycles. The van der Waals surface area contributed by atoms with E-state index in [4.69, 9.17) is 0 Å². The lowest BCUT2D eigenvalue weighted by molar-refractivity contribution is 0.532.